The summed E-state index contributed by atoms with van der Waals surface area (Å²) in [7, 11) is 0. The van der Waals surface area contributed by atoms with Gasteiger partial charge in [0.15, 0.2) is 0 Å². The molecule has 4 rings (SSSR count). The molecule has 2 N–H and O–H groups in total. The molecule has 0 saturated carbocycles. The average molecular weight is 355 g/mol. The molecule has 5 heteroatoms. The Labute approximate surface area is 156 Å². The molecule has 5 nitrogen and oxygen atoms in total. The highest BCUT2D eigenvalue weighted by Gasteiger charge is 2.15. The third-order valence-electron chi connectivity index (χ3n) is 4.46. The molecule has 0 aliphatic rings. The van der Waals surface area contributed by atoms with E-state index in [9.17, 15) is 4.79 Å². The molecular formula is C22H17N3O2. The lowest BCUT2D eigenvalue weighted by atomic mass is 10.1. The van der Waals surface area contributed by atoms with Crippen LogP contribution in [0, 0.1) is 11.3 Å². The Bertz CT molecular complexity index is 1190. The monoisotopic (exact) mass is 355 g/mol. The van der Waals surface area contributed by atoms with Crippen molar-refractivity contribution in [1.82, 2.24) is 0 Å². The lowest BCUT2D eigenvalue weighted by molar-refractivity contribution is -0.116. The van der Waals surface area contributed by atoms with E-state index >= 15 is 0 Å². The Morgan fingerprint density at radius 2 is 1.74 bits per heavy atom. The summed E-state index contributed by atoms with van der Waals surface area (Å²) in [5.74, 6) is -0.213. The predicted molar refractivity (Wildman–Crippen MR) is 107 cm³/mol. The molecule has 1 atom stereocenters. The Hall–Kier alpha value is -3.78. The molecule has 27 heavy (non-hydrogen) atoms. The number of para-hydroxylation sites is 2. The maximum atomic E-state index is 12.5. The first kappa shape index (κ1) is 16.7. The van der Waals surface area contributed by atoms with Crippen molar-refractivity contribution in [2.45, 2.75) is 13.0 Å². The zero-order chi connectivity index (χ0) is 18.8. The smallest absolute Gasteiger partial charge is 0.246 e. The fourth-order valence-corrected chi connectivity index (χ4v) is 3.06. The number of amides is 1. The maximum absolute atomic E-state index is 12.5. The second kappa shape index (κ2) is 6.85. The van der Waals surface area contributed by atoms with Crippen LogP contribution in [0.25, 0.3) is 21.9 Å². The normalized spacial score (nSPS) is 11.9. The van der Waals surface area contributed by atoms with Crippen molar-refractivity contribution in [3.05, 3.63) is 72.3 Å². The van der Waals surface area contributed by atoms with Gasteiger partial charge in [0, 0.05) is 16.5 Å². The average Bonchev–Trinajstić information content (AvgIpc) is 3.06. The minimum Gasteiger partial charge on any atom is -0.456 e. The topological polar surface area (TPSA) is 78.1 Å². The number of furan rings is 1. The van der Waals surface area contributed by atoms with E-state index in [2.05, 4.69) is 16.7 Å². The van der Waals surface area contributed by atoms with Crippen molar-refractivity contribution in [2.24, 2.45) is 0 Å². The van der Waals surface area contributed by atoms with Crippen LogP contribution in [0.4, 0.5) is 11.4 Å². The molecule has 0 saturated heterocycles. The number of carbonyl (C=O) groups is 1. The minimum atomic E-state index is -0.479. The molecule has 0 aliphatic carbocycles. The lowest BCUT2D eigenvalue weighted by Gasteiger charge is -2.16. The van der Waals surface area contributed by atoms with E-state index in [1.807, 2.05) is 42.5 Å². The zero-order valence-corrected chi connectivity index (χ0v) is 14.7. The molecule has 0 fully saturated rings. The Balaban J connectivity index is 1.55. The number of nitriles is 1. The Morgan fingerprint density at radius 3 is 2.59 bits per heavy atom. The number of nitrogens with one attached hydrogen (secondary N) is 2. The summed E-state index contributed by atoms with van der Waals surface area (Å²) in [6.45, 7) is 1.78. The molecule has 0 bridgehead atoms. The standard InChI is InChI=1S/C22H17N3O2/c1-14(22(26)25-19-8-4-2-6-15(19)13-23)24-16-10-11-21-18(12-16)17-7-3-5-9-20(17)27-21/h2-12,14,24H,1H3,(H,25,26)/t14-/m1/s1. The van der Waals surface area contributed by atoms with Crippen molar-refractivity contribution in [1.29, 1.82) is 5.26 Å². The van der Waals surface area contributed by atoms with Crippen molar-refractivity contribution >= 4 is 39.2 Å². The van der Waals surface area contributed by atoms with Crippen LogP contribution in [0.5, 0.6) is 0 Å². The van der Waals surface area contributed by atoms with Crippen LogP contribution in [-0.2, 0) is 4.79 Å². The van der Waals surface area contributed by atoms with Gasteiger partial charge in [0.1, 0.15) is 23.3 Å². The third-order valence-corrected chi connectivity index (χ3v) is 4.46. The number of anilines is 2. The van der Waals surface area contributed by atoms with Crippen LogP contribution >= 0.6 is 0 Å². The Kier molecular flexibility index (Phi) is 4.23. The van der Waals surface area contributed by atoms with Gasteiger partial charge in [-0.3, -0.25) is 4.79 Å². The van der Waals surface area contributed by atoms with Gasteiger partial charge in [-0.25, -0.2) is 0 Å². The first-order valence-electron chi connectivity index (χ1n) is 8.63. The number of fused-ring (bicyclic) bond motifs is 3. The van der Waals surface area contributed by atoms with Crippen LogP contribution in [0.1, 0.15) is 12.5 Å². The predicted octanol–water partition coefficient (Wildman–Crippen LogP) is 4.90. The number of rotatable bonds is 4. The van der Waals surface area contributed by atoms with Gasteiger partial charge in [0.05, 0.1) is 11.3 Å². The van der Waals surface area contributed by atoms with Gasteiger partial charge in [-0.15, -0.1) is 0 Å². The van der Waals surface area contributed by atoms with Crippen LogP contribution in [-0.4, -0.2) is 11.9 Å². The molecular weight excluding hydrogens is 338 g/mol. The van der Waals surface area contributed by atoms with Gasteiger partial charge >= 0.3 is 0 Å². The summed E-state index contributed by atoms with van der Waals surface area (Å²) in [5.41, 5.74) is 3.41. The van der Waals surface area contributed by atoms with Gasteiger partial charge in [-0.1, -0.05) is 30.3 Å². The largest absolute Gasteiger partial charge is 0.456 e. The van der Waals surface area contributed by atoms with E-state index in [1.54, 1.807) is 31.2 Å². The summed E-state index contributed by atoms with van der Waals surface area (Å²) in [4.78, 5) is 12.5. The molecule has 1 amide bonds. The van der Waals surface area contributed by atoms with E-state index in [1.165, 1.54) is 0 Å². The van der Waals surface area contributed by atoms with Crippen molar-refractivity contribution in [2.75, 3.05) is 10.6 Å². The number of hydrogen-bond acceptors (Lipinski definition) is 4. The summed E-state index contributed by atoms with van der Waals surface area (Å²) in [5, 5.41) is 17.2. The molecule has 4 aromatic rings. The van der Waals surface area contributed by atoms with Gasteiger partial charge < -0.3 is 15.1 Å². The van der Waals surface area contributed by atoms with E-state index in [0.29, 0.717) is 11.3 Å². The molecule has 0 aliphatic heterocycles. The highest BCUT2D eigenvalue weighted by Crippen LogP contribution is 2.30. The van der Waals surface area contributed by atoms with E-state index in [4.69, 9.17) is 9.68 Å². The lowest BCUT2D eigenvalue weighted by Crippen LogP contribution is -2.32. The molecule has 1 heterocycles. The molecule has 0 spiro atoms. The zero-order valence-electron chi connectivity index (χ0n) is 14.7. The number of nitrogens with zero attached hydrogens (tertiary/aromatic N) is 1. The van der Waals surface area contributed by atoms with Crippen LogP contribution < -0.4 is 10.6 Å². The second-order valence-corrected chi connectivity index (χ2v) is 6.32. The second-order valence-electron chi connectivity index (χ2n) is 6.32. The molecule has 0 unspecified atom stereocenters. The van der Waals surface area contributed by atoms with Crippen molar-refractivity contribution in [3.63, 3.8) is 0 Å². The van der Waals surface area contributed by atoms with Gasteiger partial charge in [-0.2, -0.15) is 5.26 Å². The number of benzene rings is 3. The van der Waals surface area contributed by atoms with Crippen molar-refractivity contribution < 1.29 is 9.21 Å². The first-order chi connectivity index (χ1) is 13.2. The highest BCUT2D eigenvalue weighted by molar-refractivity contribution is 6.06. The van der Waals surface area contributed by atoms with Gasteiger partial charge in [-0.05, 0) is 43.3 Å². The van der Waals surface area contributed by atoms with Gasteiger partial charge in [0.25, 0.3) is 0 Å². The van der Waals surface area contributed by atoms with Gasteiger partial charge in [0.2, 0.25) is 5.91 Å². The molecule has 3 aromatic carbocycles. The van der Waals surface area contributed by atoms with Crippen LogP contribution in [0.2, 0.25) is 0 Å². The summed E-state index contributed by atoms with van der Waals surface area (Å²) in [6, 6.07) is 22.2. The summed E-state index contributed by atoms with van der Waals surface area (Å²) < 4.78 is 5.83. The van der Waals surface area contributed by atoms with Crippen LogP contribution in [0.3, 0.4) is 0 Å². The number of carbonyl (C=O) groups excluding carboxylic acids is 1. The maximum Gasteiger partial charge on any atom is 0.246 e. The number of hydrogen-bond donors (Lipinski definition) is 2. The fraction of sp³-hybridized carbons (Fsp3) is 0.0909. The molecule has 0 radical (unpaired) electrons. The van der Waals surface area contributed by atoms with E-state index in [-0.39, 0.29) is 5.91 Å². The summed E-state index contributed by atoms with van der Waals surface area (Å²) >= 11 is 0. The van der Waals surface area contributed by atoms with Crippen LogP contribution in [0.15, 0.2) is 71.1 Å². The summed E-state index contributed by atoms with van der Waals surface area (Å²) in [6.07, 6.45) is 0. The highest BCUT2D eigenvalue weighted by atomic mass is 16.3. The molecule has 132 valence electrons. The third kappa shape index (κ3) is 3.21. The minimum absolute atomic E-state index is 0.213. The quantitative estimate of drug-likeness (QED) is 0.546. The fourth-order valence-electron chi connectivity index (χ4n) is 3.06. The first-order valence-corrected chi connectivity index (χ1v) is 8.63. The Morgan fingerprint density at radius 1 is 1.00 bits per heavy atom. The van der Waals surface area contributed by atoms with E-state index < -0.39 is 6.04 Å². The SMILES string of the molecule is C[C@@H](Nc1ccc2oc3ccccc3c2c1)C(=O)Nc1ccccc1C#N. The molecule has 1 aromatic heterocycles. The van der Waals surface area contributed by atoms with Crippen molar-refractivity contribution in [3.8, 4) is 6.07 Å². The van der Waals surface area contributed by atoms with E-state index in [0.717, 1.165) is 27.6 Å².